The minimum Gasteiger partial charge on any atom is -0.121 e. The predicted octanol–water partition coefficient (Wildman–Crippen LogP) is 4.41. The van der Waals surface area contributed by atoms with Crippen LogP contribution in [0.5, 0.6) is 0 Å². The van der Waals surface area contributed by atoms with Gasteiger partial charge in [-0.3, -0.25) is 0 Å². The minimum absolute atomic E-state index is 0.653. The molecule has 0 saturated carbocycles. The van der Waals surface area contributed by atoms with Gasteiger partial charge < -0.3 is 0 Å². The van der Waals surface area contributed by atoms with Crippen LogP contribution in [0.2, 0.25) is 0 Å². The third-order valence-corrected chi connectivity index (χ3v) is 2.76. The molecule has 0 heterocycles. The first-order valence-corrected chi connectivity index (χ1v) is 5.61. The Morgan fingerprint density at radius 2 is 2.14 bits per heavy atom. The lowest BCUT2D eigenvalue weighted by Gasteiger charge is -2.13. The molecular weight excluding hydrogens is 168 g/mol. The van der Waals surface area contributed by atoms with Gasteiger partial charge in [-0.05, 0) is 42.1 Å². The second-order valence-corrected chi connectivity index (χ2v) is 3.88. The van der Waals surface area contributed by atoms with Gasteiger partial charge in [0.2, 0.25) is 0 Å². The largest absolute Gasteiger partial charge is 0.121 e. The maximum Gasteiger partial charge on any atom is -0.0162 e. The van der Waals surface area contributed by atoms with E-state index >= 15 is 0 Å². The van der Waals surface area contributed by atoms with Crippen molar-refractivity contribution >= 4 is 0 Å². The number of allylic oxidation sites excluding steroid dienone is 5. The molecule has 1 rings (SSSR count). The molecule has 1 unspecified atom stereocenters. The second kappa shape index (κ2) is 5.67. The zero-order valence-corrected chi connectivity index (χ0v) is 9.51. The smallest absolute Gasteiger partial charge is 0.0162 e. The lowest BCUT2D eigenvalue weighted by molar-refractivity contribution is 0.660. The lowest BCUT2D eigenvalue weighted by Crippen LogP contribution is -1.98. The zero-order chi connectivity index (χ0) is 10.4. The molecule has 14 heavy (non-hydrogen) atoms. The first kappa shape index (κ1) is 11.1. The van der Waals surface area contributed by atoms with E-state index in [1.807, 2.05) is 6.08 Å². The molecule has 0 aromatic heterocycles. The summed E-state index contributed by atoms with van der Waals surface area (Å²) in [7, 11) is 0. The van der Waals surface area contributed by atoms with Crippen LogP contribution in [-0.2, 0) is 0 Å². The standard InChI is InChI=1S/C14H20/c1-4-9-13-10-7-6-8-11-14(13)12(3)5-2/h6-7,10-12H,4-5,9H2,1-3H3. The van der Waals surface area contributed by atoms with Crippen molar-refractivity contribution in [3.05, 3.63) is 41.2 Å². The Morgan fingerprint density at radius 3 is 2.79 bits per heavy atom. The van der Waals surface area contributed by atoms with Crippen LogP contribution in [0.3, 0.4) is 0 Å². The van der Waals surface area contributed by atoms with Gasteiger partial charge in [0, 0.05) is 0 Å². The highest BCUT2D eigenvalue weighted by molar-refractivity contribution is 5.38. The van der Waals surface area contributed by atoms with E-state index in [4.69, 9.17) is 0 Å². The van der Waals surface area contributed by atoms with Gasteiger partial charge in [-0.1, -0.05) is 39.3 Å². The van der Waals surface area contributed by atoms with Crippen molar-refractivity contribution in [2.24, 2.45) is 5.92 Å². The highest BCUT2D eigenvalue weighted by atomic mass is 14.1. The fourth-order valence-electron chi connectivity index (χ4n) is 1.72. The van der Waals surface area contributed by atoms with Gasteiger partial charge in [0.1, 0.15) is 0 Å². The normalized spacial score (nSPS) is 17.4. The summed E-state index contributed by atoms with van der Waals surface area (Å²) in [6, 6.07) is 0. The molecule has 0 aromatic rings. The Bertz CT molecular complexity index is 296. The molecule has 0 aromatic carbocycles. The van der Waals surface area contributed by atoms with Crippen molar-refractivity contribution in [2.45, 2.75) is 40.0 Å². The third kappa shape index (κ3) is 2.75. The molecule has 0 fully saturated rings. The van der Waals surface area contributed by atoms with Gasteiger partial charge in [-0.2, -0.15) is 0 Å². The van der Waals surface area contributed by atoms with Crippen LogP contribution in [-0.4, -0.2) is 0 Å². The van der Waals surface area contributed by atoms with Gasteiger partial charge in [-0.15, -0.1) is 5.73 Å². The molecule has 0 heteroatoms. The second-order valence-electron chi connectivity index (χ2n) is 3.88. The van der Waals surface area contributed by atoms with Crippen LogP contribution in [0.15, 0.2) is 41.2 Å². The van der Waals surface area contributed by atoms with E-state index in [1.54, 1.807) is 0 Å². The van der Waals surface area contributed by atoms with Crippen LogP contribution >= 0.6 is 0 Å². The quantitative estimate of drug-likeness (QED) is 0.573. The Labute approximate surface area is 87.7 Å². The predicted molar refractivity (Wildman–Crippen MR) is 63.2 cm³/mol. The van der Waals surface area contributed by atoms with Crippen LogP contribution in [0, 0.1) is 5.92 Å². The summed E-state index contributed by atoms with van der Waals surface area (Å²) in [4.78, 5) is 0. The summed E-state index contributed by atoms with van der Waals surface area (Å²) in [6.45, 7) is 6.77. The van der Waals surface area contributed by atoms with Gasteiger partial charge in [0.25, 0.3) is 0 Å². The van der Waals surface area contributed by atoms with Crippen molar-refractivity contribution in [2.75, 3.05) is 0 Å². The lowest BCUT2D eigenvalue weighted by atomic mass is 9.91. The van der Waals surface area contributed by atoms with Crippen molar-refractivity contribution in [3.8, 4) is 0 Å². The number of rotatable bonds is 4. The first-order chi connectivity index (χ1) is 6.79. The summed E-state index contributed by atoms with van der Waals surface area (Å²) in [6.07, 6.45) is 12.1. The highest BCUT2D eigenvalue weighted by Gasteiger charge is 2.08. The molecule has 0 aliphatic heterocycles. The van der Waals surface area contributed by atoms with E-state index in [0.717, 1.165) is 0 Å². The average molecular weight is 188 g/mol. The van der Waals surface area contributed by atoms with E-state index < -0.39 is 0 Å². The molecule has 1 aliphatic rings. The van der Waals surface area contributed by atoms with Gasteiger partial charge >= 0.3 is 0 Å². The topological polar surface area (TPSA) is 0 Å². The van der Waals surface area contributed by atoms with Crippen molar-refractivity contribution < 1.29 is 0 Å². The average Bonchev–Trinajstić information content (AvgIpc) is 2.43. The van der Waals surface area contributed by atoms with E-state index in [9.17, 15) is 0 Å². The first-order valence-electron chi connectivity index (χ1n) is 5.61. The van der Waals surface area contributed by atoms with Crippen LogP contribution in [0.4, 0.5) is 0 Å². The number of hydrogen-bond acceptors (Lipinski definition) is 0. The molecule has 0 saturated heterocycles. The monoisotopic (exact) mass is 188 g/mol. The SMILES string of the molecule is CCCC1=C(C(C)CC)C=C=CC=C1. The van der Waals surface area contributed by atoms with E-state index in [0.29, 0.717) is 5.92 Å². The maximum atomic E-state index is 3.21. The van der Waals surface area contributed by atoms with Crippen molar-refractivity contribution in [3.63, 3.8) is 0 Å². The Kier molecular flexibility index (Phi) is 4.49. The van der Waals surface area contributed by atoms with Crippen LogP contribution in [0.25, 0.3) is 0 Å². The summed E-state index contributed by atoms with van der Waals surface area (Å²) < 4.78 is 0. The fourth-order valence-corrected chi connectivity index (χ4v) is 1.72. The summed E-state index contributed by atoms with van der Waals surface area (Å²) in [5, 5.41) is 0. The molecular formula is C14H20. The Morgan fingerprint density at radius 1 is 1.36 bits per heavy atom. The highest BCUT2D eigenvalue weighted by Crippen LogP contribution is 2.24. The molecule has 0 spiro atoms. The molecule has 1 aliphatic carbocycles. The molecule has 0 amide bonds. The molecule has 76 valence electrons. The van der Waals surface area contributed by atoms with E-state index in [1.165, 1.54) is 30.4 Å². The molecule has 1 atom stereocenters. The van der Waals surface area contributed by atoms with Gasteiger partial charge in [0.05, 0.1) is 0 Å². The van der Waals surface area contributed by atoms with Gasteiger partial charge in [-0.25, -0.2) is 0 Å². The molecule has 0 bridgehead atoms. The molecule has 0 N–H and O–H groups in total. The van der Waals surface area contributed by atoms with Crippen molar-refractivity contribution in [1.29, 1.82) is 0 Å². The van der Waals surface area contributed by atoms with Crippen LogP contribution in [0.1, 0.15) is 40.0 Å². The molecule has 0 nitrogen and oxygen atoms in total. The Hall–Kier alpha value is -1.00. The summed E-state index contributed by atoms with van der Waals surface area (Å²) in [5.41, 5.74) is 6.17. The van der Waals surface area contributed by atoms with Gasteiger partial charge in [0.15, 0.2) is 0 Å². The Balaban J connectivity index is 2.99. The van der Waals surface area contributed by atoms with Crippen LogP contribution < -0.4 is 0 Å². The summed E-state index contributed by atoms with van der Waals surface area (Å²) in [5.74, 6) is 0.653. The molecule has 0 radical (unpaired) electrons. The van der Waals surface area contributed by atoms with Crippen molar-refractivity contribution in [1.82, 2.24) is 0 Å². The zero-order valence-electron chi connectivity index (χ0n) is 9.51. The summed E-state index contributed by atoms with van der Waals surface area (Å²) >= 11 is 0. The minimum atomic E-state index is 0.653. The maximum absolute atomic E-state index is 3.21. The number of hydrogen-bond donors (Lipinski definition) is 0. The van der Waals surface area contributed by atoms with E-state index in [-0.39, 0.29) is 0 Å². The third-order valence-electron chi connectivity index (χ3n) is 2.76. The van der Waals surface area contributed by atoms with E-state index in [2.05, 4.69) is 44.7 Å². The fraction of sp³-hybridized carbons (Fsp3) is 0.500.